The summed E-state index contributed by atoms with van der Waals surface area (Å²) in [7, 11) is 1.59. The zero-order valence-corrected chi connectivity index (χ0v) is 15.4. The van der Waals surface area contributed by atoms with E-state index in [1.165, 1.54) is 28.6 Å². The van der Waals surface area contributed by atoms with Crippen LogP contribution in [-0.2, 0) is 11.3 Å². The Balaban J connectivity index is 1.55. The van der Waals surface area contributed by atoms with Crippen molar-refractivity contribution >= 4 is 17.7 Å². The van der Waals surface area contributed by atoms with E-state index in [0.29, 0.717) is 23.1 Å². The fourth-order valence-corrected chi connectivity index (χ4v) is 3.02. The Morgan fingerprint density at radius 3 is 2.78 bits per heavy atom. The third-order valence-corrected chi connectivity index (χ3v) is 4.67. The summed E-state index contributed by atoms with van der Waals surface area (Å²) in [5, 5.41) is 11.2. The average molecular weight is 387 g/mol. The van der Waals surface area contributed by atoms with Gasteiger partial charge in [-0.05, 0) is 42.0 Å². The lowest BCUT2D eigenvalue weighted by atomic mass is 10.2. The van der Waals surface area contributed by atoms with Crippen molar-refractivity contribution in [3.05, 3.63) is 59.9 Å². The number of nitrogen functional groups attached to an aromatic ring is 1. The minimum atomic E-state index is -0.343. The average Bonchev–Trinajstić information content (AvgIpc) is 3.06. The summed E-state index contributed by atoms with van der Waals surface area (Å²) in [5.41, 5.74) is 1.58. The van der Waals surface area contributed by atoms with Crippen LogP contribution in [0.5, 0.6) is 5.75 Å². The van der Waals surface area contributed by atoms with Crippen LogP contribution in [0.15, 0.2) is 53.7 Å². The van der Waals surface area contributed by atoms with Gasteiger partial charge in [0, 0.05) is 12.1 Å². The molecule has 9 heteroatoms. The molecule has 7 nitrogen and oxygen atoms in total. The summed E-state index contributed by atoms with van der Waals surface area (Å²) in [6, 6.07) is 13.2. The van der Waals surface area contributed by atoms with E-state index in [4.69, 9.17) is 10.6 Å². The first-order chi connectivity index (χ1) is 13.1. The number of ether oxygens (including phenoxy) is 1. The largest absolute Gasteiger partial charge is 0.497 e. The number of benzene rings is 2. The van der Waals surface area contributed by atoms with Gasteiger partial charge >= 0.3 is 0 Å². The van der Waals surface area contributed by atoms with Gasteiger partial charge in [0.05, 0.1) is 12.9 Å². The van der Waals surface area contributed by atoms with E-state index in [0.717, 1.165) is 11.3 Å². The predicted octanol–water partition coefficient (Wildman–Crippen LogP) is 2.22. The Kier molecular flexibility index (Phi) is 5.92. The monoisotopic (exact) mass is 387 g/mol. The van der Waals surface area contributed by atoms with E-state index in [-0.39, 0.29) is 17.5 Å². The first-order valence-electron chi connectivity index (χ1n) is 8.05. The number of thioether (sulfide) groups is 1. The highest BCUT2D eigenvalue weighted by molar-refractivity contribution is 7.99. The van der Waals surface area contributed by atoms with Crippen LogP contribution in [-0.4, -0.2) is 33.6 Å². The summed E-state index contributed by atoms with van der Waals surface area (Å²) >= 11 is 1.17. The normalized spacial score (nSPS) is 10.6. The molecule has 0 atom stereocenters. The number of amides is 1. The molecule has 3 N–H and O–H groups in total. The number of rotatable bonds is 7. The van der Waals surface area contributed by atoms with E-state index >= 15 is 0 Å². The third-order valence-electron chi connectivity index (χ3n) is 3.72. The second-order valence-electron chi connectivity index (χ2n) is 5.60. The summed E-state index contributed by atoms with van der Waals surface area (Å²) in [6.07, 6.45) is 0. The topological polar surface area (TPSA) is 95.1 Å². The predicted molar refractivity (Wildman–Crippen MR) is 101 cm³/mol. The molecular weight excluding hydrogens is 369 g/mol. The Morgan fingerprint density at radius 2 is 2.04 bits per heavy atom. The summed E-state index contributed by atoms with van der Waals surface area (Å²) in [6.45, 7) is 0.396. The molecule has 2 aromatic carbocycles. The van der Waals surface area contributed by atoms with Gasteiger partial charge in [0.15, 0.2) is 5.82 Å². The van der Waals surface area contributed by atoms with Crippen molar-refractivity contribution in [2.75, 3.05) is 18.7 Å². The Morgan fingerprint density at radius 1 is 1.26 bits per heavy atom. The first-order valence-corrected chi connectivity index (χ1v) is 9.04. The third kappa shape index (κ3) is 4.76. The molecule has 0 aliphatic heterocycles. The fraction of sp³-hybridized carbons (Fsp3) is 0.167. The fourth-order valence-electron chi connectivity index (χ4n) is 2.34. The molecule has 0 aliphatic rings. The second kappa shape index (κ2) is 8.54. The van der Waals surface area contributed by atoms with Gasteiger partial charge in [-0.3, -0.25) is 4.79 Å². The van der Waals surface area contributed by atoms with Crippen LogP contribution in [0.4, 0.5) is 4.39 Å². The molecule has 140 valence electrons. The van der Waals surface area contributed by atoms with Gasteiger partial charge in [-0.2, -0.15) is 0 Å². The van der Waals surface area contributed by atoms with Crippen LogP contribution in [0.3, 0.4) is 0 Å². The maximum atomic E-state index is 13.0. The number of methoxy groups -OCH3 is 1. The lowest BCUT2D eigenvalue weighted by Crippen LogP contribution is -2.25. The molecule has 1 heterocycles. The van der Waals surface area contributed by atoms with E-state index < -0.39 is 0 Å². The van der Waals surface area contributed by atoms with E-state index in [1.54, 1.807) is 19.2 Å². The van der Waals surface area contributed by atoms with E-state index in [2.05, 4.69) is 15.5 Å². The second-order valence-corrected chi connectivity index (χ2v) is 6.54. The zero-order valence-electron chi connectivity index (χ0n) is 14.6. The number of aromatic nitrogens is 3. The Hall–Kier alpha value is -3.07. The molecule has 0 bridgehead atoms. The Labute approximate surface area is 159 Å². The molecule has 0 fully saturated rings. The number of halogens is 1. The highest BCUT2D eigenvalue weighted by atomic mass is 32.2. The van der Waals surface area contributed by atoms with Crippen LogP contribution in [0.1, 0.15) is 5.56 Å². The van der Waals surface area contributed by atoms with Crippen LogP contribution < -0.4 is 15.9 Å². The lowest BCUT2D eigenvalue weighted by molar-refractivity contribution is -0.118. The smallest absolute Gasteiger partial charge is 0.230 e. The van der Waals surface area contributed by atoms with Crippen molar-refractivity contribution in [3.63, 3.8) is 0 Å². The SMILES string of the molecule is COc1cccc(CNC(=O)CSc2nnc(-c3ccc(F)cc3)n2N)c1. The molecule has 27 heavy (non-hydrogen) atoms. The molecule has 1 aromatic heterocycles. The summed E-state index contributed by atoms with van der Waals surface area (Å²) < 4.78 is 19.5. The molecule has 0 saturated carbocycles. The maximum absolute atomic E-state index is 13.0. The van der Waals surface area contributed by atoms with E-state index in [1.807, 2.05) is 24.3 Å². The van der Waals surface area contributed by atoms with Crippen molar-refractivity contribution in [2.45, 2.75) is 11.7 Å². The summed E-state index contributed by atoms with van der Waals surface area (Å²) in [4.78, 5) is 12.1. The minimum Gasteiger partial charge on any atom is -0.497 e. The molecule has 0 unspecified atom stereocenters. The van der Waals surface area contributed by atoms with Crippen LogP contribution in [0.25, 0.3) is 11.4 Å². The first kappa shape index (κ1) is 18.7. The molecule has 0 saturated heterocycles. The van der Waals surface area contributed by atoms with Gasteiger partial charge in [0.1, 0.15) is 11.6 Å². The van der Waals surface area contributed by atoms with Crippen molar-refractivity contribution in [1.29, 1.82) is 0 Å². The van der Waals surface area contributed by atoms with Gasteiger partial charge in [-0.25, -0.2) is 9.07 Å². The van der Waals surface area contributed by atoms with Crippen LogP contribution in [0.2, 0.25) is 0 Å². The number of carbonyl (C=O) groups is 1. The van der Waals surface area contributed by atoms with Crippen molar-refractivity contribution in [3.8, 4) is 17.1 Å². The zero-order chi connectivity index (χ0) is 19.2. The standard InChI is InChI=1S/C18H18FN5O2S/c1-26-15-4-2-3-12(9-15)10-21-16(25)11-27-18-23-22-17(24(18)20)13-5-7-14(19)8-6-13/h2-9H,10-11,20H2,1H3,(H,21,25). The number of hydrogen-bond donors (Lipinski definition) is 2. The molecule has 0 aliphatic carbocycles. The number of nitrogens with one attached hydrogen (secondary N) is 1. The van der Waals surface area contributed by atoms with Crippen LogP contribution in [0, 0.1) is 5.82 Å². The Bertz CT molecular complexity index is 930. The minimum absolute atomic E-state index is 0.142. The van der Waals surface area contributed by atoms with Gasteiger partial charge in [0.25, 0.3) is 0 Å². The van der Waals surface area contributed by atoms with Gasteiger partial charge in [0.2, 0.25) is 11.1 Å². The van der Waals surface area contributed by atoms with Crippen LogP contribution >= 0.6 is 11.8 Å². The maximum Gasteiger partial charge on any atom is 0.230 e. The lowest BCUT2D eigenvalue weighted by Gasteiger charge is -2.07. The number of hydrogen-bond acceptors (Lipinski definition) is 6. The summed E-state index contributed by atoms with van der Waals surface area (Å²) in [5.74, 6) is 6.76. The molecular formula is C18H18FN5O2S. The molecule has 1 amide bonds. The number of nitrogens with two attached hydrogens (primary N) is 1. The van der Waals surface area contributed by atoms with Gasteiger partial charge in [-0.15, -0.1) is 10.2 Å². The molecule has 3 aromatic rings. The quantitative estimate of drug-likeness (QED) is 0.477. The van der Waals surface area contributed by atoms with E-state index in [9.17, 15) is 9.18 Å². The van der Waals surface area contributed by atoms with Crippen molar-refractivity contribution in [1.82, 2.24) is 20.2 Å². The van der Waals surface area contributed by atoms with Gasteiger partial charge < -0.3 is 15.9 Å². The van der Waals surface area contributed by atoms with Gasteiger partial charge in [-0.1, -0.05) is 23.9 Å². The highest BCUT2D eigenvalue weighted by Crippen LogP contribution is 2.21. The highest BCUT2D eigenvalue weighted by Gasteiger charge is 2.14. The van der Waals surface area contributed by atoms with Crippen molar-refractivity contribution < 1.29 is 13.9 Å². The number of carbonyl (C=O) groups excluding carboxylic acids is 1. The molecule has 0 spiro atoms. The number of nitrogens with zero attached hydrogens (tertiary/aromatic N) is 3. The van der Waals surface area contributed by atoms with Crippen molar-refractivity contribution in [2.24, 2.45) is 0 Å². The molecule has 0 radical (unpaired) electrons. The molecule has 3 rings (SSSR count).